The van der Waals surface area contributed by atoms with Crippen LogP contribution >= 0.6 is 0 Å². The van der Waals surface area contributed by atoms with Crippen molar-refractivity contribution in [3.8, 4) is 0 Å². The molecule has 1 aliphatic heterocycles. The van der Waals surface area contributed by atoms with Gasteiger partial charge in [-0.3, -0.25) is 4.79 Å². The van der Waals surface area contributed by atoms with Crippen LogP contribution in [0, 0.1) is 5.92 Å². The molecule has 1 heterocycles. The number of Topliss-reactive ketones (excluding diaryl/α,β-unsaturated/α-hetero) is 1. The Morgan fingerprint density at radius 2 is 2.36 bits per heavy atom. The van der Waals surface area contributed by atoms with Crippen LogP contribution in [0.3, 0.4) is 0 Å². The first kappa shape index (κ1) is 9.21. The summed E-state index contributed by atoms with van der Waals surface area (Å²) in [7, 11) is 2.02. The highest BCUT2D eigenvalue weighted by Gasteiger charge is 2.26. The third-order valence-electron chi connectivity index (χ3n) is 2.76. The van der Waals surface area contributed by atoms with Gasteiger partial charge < -0.3 is 10.6 Å². The van der Waals surface area contributed by atoms with Gasteiger partial charge in [0.15, 0.2) is 5.78 Å². The Morgan fingerprint density at radius 3 is 3.07 bits per heavy atom. The molecule has 14 heavy (non-hydrogen) atoms. The van der Waals surface area contributed by atoms with Gasteiger partial charge >= 0.3 is 0 Å². The van der Waals surface area contributed by atoms with E-state index in [0.29, 0.717) is 12.0 Å². The van der Waals surface area contributed by atoms with E-state index in [2.05, 4.69) is 17.1 Å². The monoisotopic (exact) mass is 190 g/mol. The first-order valence-corrected chi connectivity index (χ1v) is 4.76. The van der Waals surface area contributed by atoms with Crippen molar-refractivity contribution in [2.24, 2.45) is 11.7 Å². The standard InChI is InChI=1S/C11H14N2O/c1-13-5-4-8-2-3-9(6-10(8)13)11(14)7-12/h2-6,8,10H,7,12H2,1H3. The Labute approximate surface area is 83.6 Å². The number of fused-ring (bicyclic) bond motifs is 1. The maximum absolute atomic E-state index is 11.4. The number of allylic oxidation sites excluding steroid dienone is 1. The smallest absolute Gasteiger partial charge is 0.176 e. The molecule has 0 aromatic carbocycles. The number of carbonyl (C=O) groups excluding carboxylic acids is 1. The van der Waals surface area contributed by atoms with Crippen molar-refractivity contribution in [1.82, 2.24) is 4.90 Å². The molecule has 0 spiro atoms. The summed E-state index contributed by atoms with van der Waals surface area (Å²) >= 11 is 0. The summed E-state index contributed by atoms with van der Waals surface area (Å²) in [5, 5.41) is 0. The number of hydrogen-bond donors (Lipinski definition) is 1. The van der Waals surface area contributed by atoms with Crippen molar-refractivity contribution >= 4 is 5.78 Å². The summed E-state index contributed by atoms with van der Waals surface area (Å²) in [6, 6.07) is 0.297. The van der Waals surface area contributed by atoms with Gasteiger partial charge in [0, 0.05) is 18.5 Å². The quantitative estimate of drug-likeness (QED) is 0.688. The number of likely N-dealkylation sites (N-methyl/N-ethyl adjacent to an activating group) is 1. The highest BCUT2D eigenvalue weighted by molar-refractivity contribution is 5.99. The maximum Gasteiger partial charge on any atom is 0.176 e. The van der Waals surface area contributed by atoms with Crippen LogP contribution in [0.2, 0.25) is 0 Å². The van der Waals surface area contributed by atoms with Crippen LogP contribution in [-0.4, -0.2) is 30.3 Å². The van der Waals surface area contributed by atoms with Gasteiger partial charge in [-0.25, -0.2) is 0 Å². The van der Waals surface area contributed by atoms with Gasteiger partial charge in [0.05, 0.1) is 12.6 Å². The topological polar surface area (TPSA) is 46.3 Å². The normalized spacial score (nSPS) is 29.0. The SMILES string of the molecule is CN1C=CC2C=CC(C(=O)CN)=CC21. The van der Waals surface area contributed by atoms with E-state index in [-0.39, 0.29) is 12.3 Å². The lowest BCUT2D eigenvalue weighted by Crippen LogP contribution is -2.29. The van der Waals surface area contributed by atoms with Gasteiger partial charge in [-0.1, -0.05) is 24.3 Å². The molecule has 2 unspecified atom stereocenters. The molecule has 0 bridgehead atoms. The Morgan fingerprint density at radius 1 is 1.57 bits per heavy atom. The molecule has 74 valence electrons. The molecular formula is C11H14N2O. The van der Waals surface area contributed by atoms with Crippen LogP contribution in [0.1, 0.15) is 0 Å². The molecule has 0 aromatic rings. The van der Waals surface area contributed by atoms with Crippen LogP contribution in [0.4, 0.5) is 0 Å². The fourth-order valence-corrected chi connectivity index (χ4v) is 1.88. The Bertz CT molecular complexity index is 341. The number of rotatable bonds is 2. The van der Waals surface area contributed by atoms with Crippen LogP contribution in [0.15, 0.2) is 36.1 Å². The van der Waals surface area contributed by atoms with Gasteiger partial charge in [0.2, 0.25) is 0 Å². The second kappa shape index (κ2) is 3.42. The summed E-state index contributed by atoms with van der Waals surface area (Å²) in [4.78, 5) is 13.5. The number of carbonyl (C=O) groups is 1. The average Bonchev–Trinajstić information content (AvgIpc) is 2.59. The van der Waals surface area contributed by atoms with E-state index in [9.17, 15) is 4.79 Å². The van der Waals surface area contributed by atoms with Gasteiger partial charge in [0.1, 0.15) is 0 Å². The Hall–Kier alpha value is -1.35. The molecule has 3 nitrogen and oxygen atoms in total. The number of nitrogens with zero attached hydrogens (tertiary/aromatic N) is 1. The van der Waals surface area contributed by atoms with Crippen molar-refractivity contribution in [2.75, 3.05) is 13.6 Å². The molecule has 0 aromatic heterocycles. The second-order valence-electron chi connectivity index (χ2n) is 3.68. The molecule has 2 aliphatic rings. The fourth-order valence-electron chi connectivity index (χ4n) is 1.88. The summed E-state index contributed by atoms with van der Waals surface area (Å²) in [6.45, 7) is 0.0880. The van der Waals surface area contributed by atoms with Gasteiger partial charge in [-0.05, 0) is 6.20 Å². The van der Waals surface area contributed by atoms with E-state index >= 15 is 0 Å². The highest BCUT2D eigenvalue weighted by Crippen LogP contribution is 2.27. The van der Waals surface area contributed by atoms with Crippen molar-refractivity contribution < 1.29 is 4.79 Å². The average molecular weight is 190 g/mol. The van der Waals surface area contributed by atoms with E-state index in [1.807, 2.05) is 25.4 Å². The summed E-state index contributed by atoms with van der Waals surface area (Å²) in [5.41, 5.74) is 6.06. The predicted octanol–water partition coefficient (Wildman–Crippen LogP) is 0.454. The molecule has 2 rings (SSSR count). The van der Waals surface area contributed by atoms with E-state index in [1.165, 1.54) is 0 Å². The zero-order chi connectivity index (χ0) is 10.1. The lowest BCUT2D eigenvalue weighted by atomic mass is 9.91. The lowest BCUT2D eigenvalue weighted by Gasteiger charge is -2.25. The van der Waals surface area contributed by atoms with E-state index in [4.69, 9.17) is 5.73 Å². The molecule has 0 saturated heterocycles. The van der Waals surface area contributed by atoms with Crippen LogP contribution in [0.25, 0.3) is 0 Å². The largest absolute Gasteiger partial charge is 0.373 e. The van der Waals surface area contributed by atoms with E-state index in [1.54, 1.807) is 0 Å². The predicted molar refractivity (Wildman–Crippen MR) is 55.5 cm³/mol. The minimum absolute atomic E-state index is 0.0139. The number of nitrogens with two attached hydrogens (primary N) is 1. The molecule has 0 fully saturated rings. The summed E-state index contributed by atoms with van der Waals surface area (Å²) in [5.74, 6) is 0.425. The number of hydrogen-bond acceptors (Lipinski definition) is 3. The molecule has 1 aliphatic carbocycles. The third kappa shape index (κ3) is 1.40. The summed E-state index contributed by atoms with van der Waals surface area (Å²) < 4.78 is 0. The third-order valence-corrected chi connectivity index (χ3v) is 2.76. The minimum Gasteiger partial charge on any atom is -0.373 e. The molecule has 2 atom stereocenters. The molecule has 0 amide bonds. The molecule has 0 saturated carbocycles. The van der Waals surface area contributed by atoms with Crippen LogP contribution in [0.5, 0.6) is 0 Å². The molecule has 0 radical (unpaired) electrons. The Balaban J connectivity index is 2.21. The van der Waals surface area contributed by atoms with Gasteiger partial charge in [-0.2, -0.15) is 0 Å². The molecular weight excluding hydrogens is 176 g/mol. The maximum atomic E-state index is 11.4. The lowest BCUT2D eigenvalue weighted by molar-refractivity contribution is -0.114. The first-order valence-electron chi connectivity index (χ1n) is 4.76. The van der Waals surface area contributed by atoms with Gasteiger partial charge in [-0.15, -0.1) is 0 Å². The van der Waals surface area contributed by atoms with Crippen molar-refractivity contribution in [1.29, 1.82) is 0 Å². The highest BCUT2D eigenvalue weighted by atomic mass is 16.1. The Kier molecular flexibility index (Phi) is 2.25. The zero-order valence-electron chi connectivity index (χ0n) is 8.18. The van der Waals surface area contributed by atoms with Crippen molar-refractivity contribution in [3.63, 3.8) is 0 Å². The second-order valence-corrected chi connectivity index (χ2v) is 3.68. The van der Waals surface area contributed by atoms with Crippen molar-refractivity contribution in [3.05, 3.63) is 36.1 Å². The van der Waals surface area contributed by atoms with Crippen molar-refractivity contribution in [2.45, 2.75) is 6.04 Å². The van der Waals surface area contributed by atoms with Gasteiger partial charge in [0.25, 0.3) is 0 Å². The fraction of sp³-hybridized carbons (Fsp3) is 0.364. The van der Waals surface area contributed by atoms with E-state index in [0.717, 1.165) is 5.57 Å². The van der Waals surface area contributed by atoms with E-state index < -0.39 is 0 Å². The summed E-state index contributed by atoms with van der Waals surface area (Å²) in [6.07, 6.45) is 10.1. The minimum atomic E-state index is 0.0139. The van der Waals surface area contributed by atoms with Crippen LogP contribution < -0.4 is 5.73 Å². The molecule has 2 N–H and O–H groups in total. The zero-order valence-corrected chi connectivity index (χ0v) is 8.18. The van der Waals surface area contributed by atoms with Crippen LogP contribution in [-0.2, 0) is 4.79 Å². The molecule has 3 heteroatoms. The first-order chi connectivity index (χ1) is 6.72. The number of ketones is 1.